The zero-order valence-electron chi connectivity index (χ0n) is 11.5. The smallest absolute Gasteiger partial charge is 0.299 e. The average molecular weight is 279 g/mol. The van der Waals surface area contributed by atoms with Gasteiger partial charge in [-0.25, -0.2) is 0 Å². The van der Waals surface area contributed by atoms with Crippen molar-refractivity contribution in [2.45, 2.75) is 26.7 Å². The van der Waals surface area contributed by atoms with Crippen LogP contribution in [-0.2, 0) is 0 Å². The molecule has 1 aliphatic rings. The second-order valence-electron chi connectivity index (χ2n) is 5.59. The van der Waals surface area contributed by atoms with Gasteiger partial charge in [0.2, 0.25) is 0 Å². The molecule has 20 heavy (non-hydrogen) atoms. The summed E-state index contributed by atoms with van der Waals surface area (Å²) in [5.41, 5.74) is 0.0221. The van der Waals surface area contributed by atoms with Crippen molar-refractivity contribution in [3.05, 3.63) is 38.4 Å². The summed E-state index contributed by atoms with van der Waals surface area (Å²) >= 11 is 0. The molecule has 0 spiro atoms. The van der Waals surface area contributed by atoms with Crippen molar-refractivity contribution in [3.8, 4) is 0 Å². The van der Waals surface area contributed by atoms with Crippen LogP contribution in [0.2, 0.25) is 0 Å². The highest BCUT2D eigenvalue weighted by Crippen LogP contribution is 2.52. The van der Waals surface area contributed by atoms with Gasteiger partial charge in [0.1, 0.15) is 5.69 Å². The Balaban J connectivity index is 2.19. The summed E-state index contributed by atoms with van der Waals surface area (Å²) in [5, 5.41) is 24.8. The molecule has 0 aromatic heterocycles. The highest BCUT2D eigenvalue weighted by molar-refractivity contribution is 5.65. The first-order chi connectivity index (χ1) is 9.35. The highest BCUT2D eigenvalue weighted by atomic mass is 16.6. The molecule has 1 aliphatic carbocycles. The average Bonchev–Trinajstić information content (AvgIpc) is 3.17. The number of anilines is 1. The zero-order chi connectivity index (χ0) is 14.9. The number of rotatable bonds is 6. The van der Waals surface area contributed by atoms with E-state index in [1.165, 1.54) is 12.1 Å². The molecular formula is C13H17N3O4. The molecule has 0 atom stereocenters. The number of non-ortho nitro benzene ring substituents is 1. The largest absolute Gasteiger partial charge is 0.379 e. The first kappa shape index (κ1) is 14.2. The van der Waals surface area contributed by atoms with Crippen LogP contribution in [0.1, 0.15) is 26.7 Å². The Morgan fingerprint density at radius 1 is 1.25 bits per heavy atom. The number of nitrogens with one attached hydrogen (secondary N) is 1. The normalized spacial score (nSPS) is 15.9. The maximum Gasteiger partial charge on any atom is 0.299 e. The predicted octanol–water partition coefficient (Wildman–Crippen LogP) is 3.35. The van der Waals surface area contributed by atoms with E-state index in [1.807, 2.05) is 0 Å². The molecule has 1 aromatic rings. The molecule has 7 nitrogen and oxygen atoms in total. The van der Waals surface area contributed by atoms with E-state index >= 15 is 0 Å². The third kappa shape index (κ3) is 2.71. The lowest BCUT2D eigenvalue weighted by Crippen LogP contribution is -2.21. The third-order valence-corrected chi connectivity index (χ3v) is 4.14. The summed E-state index contributed by atoms with van der Waals surface area (Å²) in [6.45, 7) is 4.93. The predicted molar refractivity (Wildman–Crippen MR) is 74.7 cm³/mol. The molecule has 1 saturated carbocycles. The summed E-state index contributed by atoms with van der Waals surface area (Å²) in [6, 6.07) is 3.69. The van der Waals surface area contributed by atoms with Crippen LogP contribution in [0.3, 0.4) is 0 Å². The molecule has 0 amide bonds. The Morgan fingerprint density at radius 2 is 1.90 bits per heavy atom. The molecule has 108 valence electrons. The summed E-state index contributed by atoms with van der Waals surface area (Å²) in [4.78, 5) is 20.5. The molecule has 1 fully saturated rings. The quantitative estimate of drug-likeness (QED) is 0.636. The van der Waals surface area contributed by atoms with Gasteiger partial charge in [-0.3, -0.25) is 20.2 Å². The number of nitrogens with zero attached hydrogens (tertiary/aromatic N) is 2. The summed E-state index contributed by atoms with van der Waals surface area (Å²) in [6.07, 6.45) is 2.22. The van der Waals surface area contributed by atoms with Crippen LogP contribution in [0, 0.1) is 31.6 Å². The van der Waals surface area contributed by atoms with E-state index in [-0.39, 0.29) is 16.8 Å². The number of hydrogen-bond acceptors (Lipinski definition) is 5. The lowest BCUT2D eigenvalue weighted by Gasteiger charge is -2.20. The summed E-state index contributed by atoms with van der Waals surface area (Å²) in [7, 11) is 0. The maximum absolute atomic E-state index is 11.0. The molecule has 0 unspecified atom stereocenters. The lowest BCUT2D eigenvalue weighted by molar-refractivity contribution is -0.393. The zero-order valence-corrected chi connectivity index (χ0v) is 11.5. The van der Waals surface area contributed by atoms with E-state index in [2.05, 4.69) is 19.2 Å². The molecule has 0 heterocycles. The SMILES string of the molecule is CC(C)C1(CNc2ccc([N+](=O)[O-])cc2[N+](=O)[O-])CC1. The number of hydrogen-bond donors (Lipinski definition) is 1. The van der Waals surface area contributed by atoms with Gasteiger partial charge in [-0.2, -0.15) is 0 Å². The van der Waals surface area contributed by atoms with Crippen LogP contribution >= 0.6 is 0 Å². The number of nitro groups is 2. The Bertz CT molecular complexity index is 553. The van der Waals surface area contributed by atoms with E-state index in [4.69, 9.17) is 0 Å². The van der Waals surface area contributed by atoms with E-state index in [0.717, 1.165) is 18.9 Å². The fraction of sp³-hybridized carbons (Fsp3) is 0.538. The summed E-state index contributed by atoms with van der Waals surface area (Å²) in [5.74, 6) is 0.507. The van der Waals surface area contributed by atoms with Gasteiger partial charge in [0.05, 0.1) is 15.9 Å². The highest BCUT2D eigenvalue weighted by Gasteiger charge is 2.45. The molecule has 0 radical (unpaired) electrons. The topological polar surface area (TPSA) is 98.3 Å². The van der Waals surface area contributed by atoms with Crippen LogP contribution in [0.5, 0.6) is 0 Å². The molecule has 1 aromatic carbocycles. The van der Waals surface area contributed by atoms with E-state index in [1.54, 1.807) is 0 Å². The summed E-state index contributed by atoms with van der Waals surface area (Å²) < 4.78 is 0. The molecule has 2 rings (SSSR count). The minimum absolute atomic E-state index is 0.204. The van der Waals surface area contributed by atoms with Gasteiger partial charge < -0.3 is 5.32 Å². The number of nitro benzene ring substituents is 2. The lowest BCUT2D eigenvalue weighted by atomic mass is 9.92. The standard InChI is InChI=1S/C13H17N3O4/c1-9(2)13(5-6-13)8-14-11-4-3-10(15(17)18)7-12(11)16(19)20/h3-4,7,9,14H,5-6,8H2,1-2H3. The van der Waals surface area contributed by atoms with Crippen molar-refractivity contribution in [1.82, 2.24) is 0 Å². The Labute approximate surface area is 116 Å². The van der Waals surface area contributed by atoms with Crippen molar-refractivity contribution in [1.29, 1.82) is 0 Å². The number of benzene rings is 1. The van der Waals surface area contributed by atoms with Crippen molar-refractivity contribution in [2.75, 3.05) is 11.9 Å². The first-order valence-electron chi connectivity index (χ1n) is 6.52. The van der Waals surface area contributed by atoms with Crippen molar-refractivity contribution < 1.29 is 9.85 Å². The molecule has 7 heteroatoms. The van der Waals surface area contributed by atoms with Gasteiger partial charge in [0.15, 0.2) is 0 Å². The van der Waals surface area contributed by atoms with Gasteiger partial charge in [0, 0.05) is 12.6 Å². The van der Waals surface area contributed by atoms with E-state index in [9.17, 15) is 20.2 Å². The van der Waals surface area contributed by atoms with Crippen LogP contribution in [0.4, 0.5) is 17.1 Å². The van der Waals surface area contributed by atoms with Gasteiger partial charge >= 0.3 is 0 Å². The van der Waals surface area contributed by atoms with E-state index in [0.29, 0.717) is 18.2 Å². The molecule has 0 bridgehead atoms. The van der Waals surface area contributed by atoms with Crippen molar-refractivity contribution in [3.63, 3.8) is 0 Å². The minimum Gasteiger partial charge on any atom is -0.379 e. The Hall–Kier alpha value is -2.18. The van der Waals surface area contributed by atoms with Crippen molar-refractivity contribution >= 4 is 17.1 Å². The monoisotopic (exact) mass is 279 g/mol. The second kappa shape index (κ2) is 5.07. The first-order valence-corrected chi connectivity index (χ1v) is 6.52. The molecule has 0 saturated heterocycles. The minimum atomic E-state index is -0.632. The maximum atomic E-state index is 11.0. The van der Waals surface area contributed by atoms with Gasteiger partial charge in [-0.15, -0.1) is 0 Å². The fourth-order valence-electron chi connectivity index (χ4n) is 2.32. The fourth-order valence-corrected chi connectivity index (χ4v) is 2.32. The van der Waals surface area contributed by atoms with Gasteiger partial charge in [0.25, 0.3) is 11.4 Å². The Morgan fingerprint density at radius 3 is 2.35 bits per heavy atom. The molecular weight excluding hydrogens is 262 g/mol. The van der Waals surface area contributed by atoms with Crippen LogP contribution in [0.15, 0.2) is 18.2 Å². The van der Waals surface area contributed by atoms with Crippen molar-refractivity contribution in [2.24, 2.45) is 11.3 Å². The Kier molecular flexibility index (Phi) is 3.61. The van der Waals surface area contributed by atoms with Gasteiger partial charge in [-0.1, -0.05) is 13.8 Å². The van der Waals surface area contributed by atoms with Crippen LogP contribution < -0.4 is 5.32 Å². The van der Waals surface area contributed by atoms with E-state index < -0.39 is 9.85 Å². The second-order valence-corrected chi connectivity index (χ2v) is 5.59. The third-order valence-electron chi connectivity index (χ3n) is 4.14. The van der Waals surface area contributed by atoms with Crippen LogP contribution in [-0.4, -0.2) is 16.4 Å². The molecule has 1 N–H and O–H groups in total. The van der Waals surface area contributed by atoms with Crippen LogP contribution in [0.25, 0.3) is 0 Å². The van der Waals surface area contributed by atoms with Gasteiger partial charge in [-0.05, 0) is 30.2 Å². The molecule has 0 aliphatic heterocycles.